The SMILES string of the molecule is Cc1ccccc1C(C)(O)c1c(F)cccc1F. The molecule has 1 unspecified atom stereocenters. The van der Waals surface area contributed by atoms with Gasteiger partial charge < -0.3 is 5.11 Å². The van der Waals surface area contributed by atoms with Gasteiger partial charge in [0.05, 0.1) is 5.56 Å². The van der Waals surface area contributed by atoms with Gasteiger partial charge in [-0.3, -0.25) is 0 Å². The summed E-state index contributed by atoms with van der Waals surface area (Å²) in [4.78, 5) is 0. The minimum Gasteiger partial charge on any atom is -0.380 e. The Balaban J connectivity index is 2.66. The molecule has 0 radical (unpaired) electrons. The van der Waals surface area contributed by atoms with Crippen LogP contribution in [0.3, 0.4) is 0 Å². The van der Waals surface area contributed by atoms with E-state index in [1.165, 1.54) is 13.0 Å². The summed E-state index contributed by atoms with van der Waals surface area (Å²) in [5, 5.41) is 10.5. The second kappa shape index (κ2) is 4.50. The van der Waals surface area contributed by atoms with Crippen LogP contribution in [0.4, 0.5) is 8.78 Å². The second-order valence-electron chi connectivity index (χ2n) is 4.48. The summed E-state index contributed by atoms with van der Waals surface area (Å²) in [5.41, 5.74) is -0.737. The fourth-order valence-electron chi connectivity index (χ4n) is 2.22. The molecule has 1 nitrogen and oxygen atoms in total. The summed E-state index contributed by atoms with van der Waals surface area (Å²) in [6.45, 7) is 3.19. The van der Waals surface area contributed by atoms with Crippen molar-refractivity contribution in [2.45, 2.75) is 19.4 Å². The van der Waals surface area contributed by atoms with Gasteiger partial charge in [-0.15, -0.1) is 0 Å². The molecule has 0 amide bonds. The van der Waals surface area contributed by atoms with Crippen molar-refractivity contribution in [3.8, 4) is 0 Å². The zero-order valence-electron chi connectivity index (χ0n) is 10.2. The van der Waals surface area contributed by atoms with Crippen LogP contribution in [0.1, 0.15) is 23.6 Å². The monoisotopic (exact) mass is 248 g/mol. The molecule has 0 spiro atoms. The Labute approximate surface area is 105 Å². The highest BCUT2D eigenvalue weighted by molar-refractivity contribution is 5.40. The molecule has 2 aromatic carbocycles. The molecule has 0 aromatic heterocycles. The van der Waals surface area contributed by atoms with Crippen LogP contribution in [-0.2, 0) is 5.60 Å². The topological polar surface area (TPSA) is 20.2 Å². The van der Waals surface area contributed by atoms with Gasteiger partial charge in [0.2, 0.25) is 0 Å². The van der Waals surface area contributed by atoms with Crippen LogP contribution in [-0.4, -0.2) is 5.11 Å². The van der Waals surface area contributed by atoms with Gasteiger partial charge in [-0.25, -0.2) is 8.78 Å². The maximum atomic E-state index is 13.8. The lowest BCUT2D eigenvalue weighted by Crippen LogP contribution is -2.27. The molecule has 1 atom stereocenters. The molecule has 0 fully saturated rings. The molecule has 2 aromatic rings. The van der Waals surface area contributed by atoms with Crippen LogP contribution < -0.4 is 0 Å². The zero-order valence-corrected chi connectivity index (χ0v) is 10.2. The van der Waals surface area contributed by atoms with Crippen molar-refractivity contribution in [1.29, 1.82) is 0 Å². The molecule has 0 saturated heterocycles. The molecule has 3 heteroatoms. The van der Waals surface area contributed by atoms with Crippen LogP contribution in [0.25, 0.3) is 0 Å². The molecule has 0 bridgehead atoms. The Morgan fingerprint density at radius 3 is 2.06 bits per heavy atom. The van der Waals surface area contributed by atoms with Gasteiger partial charge in [0.25, 0.3) is 0 Å². The number of hydrogen-bond donors (Lipinski definition) is 1. The highest BCUT2D eigenvalue weighted by Gasteiger charge is 2.32. The van der Waals surface area contributed by atoms with Gasteiger partial charge in [0.15, 0.2) is 0 Å². The van der Waals surface area contributed by atoms with Crippen LogP contribution in [0.15, 0.2) is 42.5 Å². The van der Waals surface area contributed by atoms with Crippen molar-refractivity contribution >= 4 is 0 Å². The van der Waals surface area contributed by atoms with Crippen molar-refractivity contribution in [3.63, 3.8) is 0 Å². The van der Waals surface area contributed by atoms with E-state index in [1.54, 1.807) is 25.1 Å². The largest absolute Gasteiger partial charge is 0.380 e. The van der Waals surface area contributed by atoms with E-state index in [2.05, 4.69) is 0 Å². The standard InChI is InChI=1S/C15H14F2O/c1-10-6-3-4-7-11(10)15(2,18)14-12(16)8-5-9-13(14)17/h3-9,18H,1-2H3. The van der Waals surface area contributed by atoms with Crippen molar-refractivity contribution in [3.05, 3.63) is 70.8 Å². The second-order valence-corrected chi connectivity index (χ2v) is 4.48. The first-order valence-electron chi connectivity index (χ1n) is 5.67. The molecule has 2 rings (SSSR count). The molecule has 1 N–H and O–H groups in total. The molecule has 94 valence electrons. The third kappa shape index (κ3) is 2.02. The quantitative estimate of drug-likeness (QED) is 0.862. The molecule has 0 heterocycles. The van der Waals surface area contributed by atoms with Crippen molar-refractivity contribution in [2.75, 3.05) is 0 Å². The summed E-state index contributed by atoms with van der Waals surface area (Å²) in [6.07, 6.45) is 0. The van der Waals surface area contributed by atoms with Gasteiger partial charge in [-0.2, -0.15) is 0 Å². The van der Waals surface area contributed by atoms with E-state index in [1.807, 2.05) is 6.07 Å². The lowest BCUT2D eigenvalue weighted by atomic mass is 9.85. The van der Waals surface area contributed by atoms with Crippen LogP contribution in [0, 0.1) is 18.6 Å². The van der Waals surface area contributed by atoms with Gasteiger partial charge >= 0.3 is 0 Å². The molecule has 18 heavy (non-hydrogen) atoms. The number of rotatable bonds is 2. The summed E-state index contributed by atoms with van der Waals surface area (Å²) in [5.74, 6) is -1.49. The van der Waals surface area contributed by atoms with Crippen LogP contribution in [0.5, 0.6) is 0 Å². The third-order valence-electron chi connectivity index (χ3n) is 3.12. The van der Waals surface area contributed by atoms with Gasteiger partial charge in [0, 0.05) is 0 Å². The number of benzene rings is 2. The van der Waals surface area contributed by atoms with E-state index >= 15 is 0 Å². The summed E-state index contributed by atoms with van der Waals surface area (Å²) in [6, 6.07) is 10.6. The average Bonchev–Trinajstić information content (AvgIpc) is 2.28. The minimum absolute atomic E-state index is 0.320. The predicted molar refractivity (Wildman–Crippen MR) is 66.2 cm³/mol. The number of aliphatic hydroxyl groups is 1. The summed E-state index contributed by atoms with van der Waals surface area (Å²) >= 11 is 0. The molecule has 0 saturated carbocycles. The first-order chi connectivity index (χ1) is 8.44. The smallest absolute Gasteiger partial charge is 0.132 e. The van der Waals surface area contributed by atoms with Gasteiger partial charge in [-0.1, -0.05) is 30.3 Å². The summed E-state index contributed by atoms with van der Waals surface area (Å²) < 4.78 is 27.5. The predicted octanol–water partition coefficient (Wildman–Crippen LogP) is 3.53. The lowest BCUT2D eigenvalue weighted by Gasteiger charge is -2.27. The highest BCUT2D eigenvalue weighted by Crippen LogP contribution is 2.34. The Morgan fingerprint density at radius 2 is 1.50 bits per heavy atom. The Kier molecular flexibility index (Phi) is 3.18. The maximum absolute atomic E-state index is 13.8. The van der Waals surface area contributed by atoms with E-state index in [0.29, 0.717) is 5.56 Å². The number of aryl methyl sites for hydroxylation is 1. The Bertz CT molecular complexity index is 556. The zero-order chi connectivity index (χ0) is 13.3. The highest BCUT2D eigenvalue weighted by atomic mass is 19.1. The summed E-state index contributed by atoms with van der Waals surface area (Å²) in [7, 11) is 0. The van der Waals surface area contributed by atoms with Gasteiger partial charge in [-0.05, 0) is 37.1 Å². The minimum atomic E-state index is -1.69. The lowest BCUT2D eigenvalue weighted by molar-refractivity contribution is 0.0927. The fraction of sp³-hybridized carbons (Fsp3) is 0.200. The first kappa shape index (κ1) is 12.7. The van der Waals surface area contributed by atoms with Crippen molar-refractivity contribution in [1.82, 2.24) is 0 Å². The van der Waals surface area contributed by atoms with Crippen molar-refractivity contribution in [2.24, 2.45) is 0 Å². The molecule has 0 aliphatic rings. The molecular weight excluding hydrogens is 234 g/mol. The van der Waals surface area contributed by atoms with Crippen molar-refractivity contribution < 1.29 is 13.9 Å². The van der Waals surface area contributed by atoms with Gasteiger partial charge in [0.1, 0.15) is 17.2 Å². The van der Waals surface area contributed by atoms with Crippen LogP contribution in [0.2, 0.25) is 0 Å². The maximum Gasteiger partial charge on any atom is 0.132 e. The Hall–Kier alpha value is -1.74. The van der Waals surface area contributed by atoms with E-state index in [9.17, 15) is 13.9 Å². The Morgan fingerprint density at radius 1 is 0.944 bits per heavy atom. The molecule has 0 aliphatic carbocycles. The first-order valence-corrected chi connectivity index (χ1v) is 5.67. The van der Waals surface area contributed by atoms with E-state index < -0.39 is 17.2 Å². The average molecular weight is 248 g/mol. The number of halogens is 2. The number of hydrogen-bond acceptors (Lipinski definition) is 1. The fourth-order valence-corrected chi connectivity index (χ4v) is 2.22. The third-order valence-corrected chi connectivity index (χ3v) is 3.12. The normalized spacial score (nSPS) is 14.3. The molecular formula is C15H14F2O. The van der Waals surface area contributed by atoms with Crippen LogP contribution >= 0.6 is 0 Å². The van der Waals surface area contributed by atoms with E-state index in [-0.39, 0.29) is 5.56 Å². The van der Waals surface area contributed by atoms with E-state index in [0.717, 1.165) is 17.7 Å². The van der Waals surface area contributed by atoms with E-state index in [4.69, 9.17) is 0 Å². The molecule has 0 aliphatic heterocycles.